The molecule has 0 aromatic heterocycles. The highest BCUT2D eigenvalue weighted by Crippen LogP contribution is 2.17. The summed E-state index contributed by atoms with van der Waals surface area (Å²) in [6.45, 7) is 7.90. The summed E-state index contributed by atoms with van der Waals surface area (Å²) >= 11 is 0. The molecule has 0 N–H and O–H groups in total. The zero-order valence-electron chi connectivity index (χ0n) is 14.6. The molecule has 0 spiro atoms. The molecule has 3 nitrogen and oxygen atoms in total. The number of aryl methyl sites for hydroxylation is 1. The van der Waals surface area contributed by atoms with Crippen molar-refractivity contribution in [2.45, 2.75) is 65.2 Å². The van der Waals surface area contributed by atoms with E-state index >= 15 is 0 Å². The largest absolute Gasteiger partial charge is 0.460 e. The Morgan fingerprint density at radius 1 is 0.957 bits per heavy atom. The molecule has 0 saturated carbocycles. The topological polar surface area (TPSA) is 35.5 Å². The second-order valence-electron chi connectivity index (χ2n) is 5.76. The molecular weight excluding hydrogens is 288 g/mol. The SMILES string of the molecule is C=C(Oc1ccc(CCCCCCCCC)cc1)C(=O)OCC. The van der Waals surface area contributed by atoms with Gasteiger partial charge in [-0.3, -0.25) is 0 Å². The number of hydrogen-bond acceptors (Lipinski definition) is 3. The third-order valence-corrected chi connectivity index (χ3v) is 3.74. The first-order valence-corrected chi connectivity index (χ1v) is 8.80. The van der Waals surface area contributed by atoms with Gasteiger partial charge in [0.25, 0.3) is 0 Å². The van der Waals surface area contributed by atoms with Gasteiger partial charge in [-0.15, -0.1) is 0 Å². The molecule has 0 bridgehead atoms. The van der Waals surface area contributed by atoms with Gasteiger partial charge in [0, 0.05) is 0 Å². The second kappa shape index (κ2) is 11.8. The average molecular weight is 318 g/mol. The van der Waals surface area contributed by atoms with Gasteiger partial charge in [0.2, 0.25) is 5.76 Å². The predicted octanol–water partition coefficient (Wildman–Crippen LogP) is 5.44. The summed E-state index contributed by atoms with van der Waals surface area (Å²) in [4.78, 5) is 11.4. The summed E-state index contributed by atoms with van der Waals surface area (Å²) in [7, 11) is 0. The monoisotopic (exact) mass is 318 g/mol. The molecule has 23 heavy (non-hydrogen) atoms. The Morgan fingerprint density at radius 2 is 1.57 bits per heavy atom. The lowest BCUT2D eigenvalue weighted by molar-refractivity contribution is -0.140. The van der Waals surface area contributed by atoms with Gasteiger partial charge in [0.1, 0.15) is 5.75 Å². The Hall–Kier alpha value is -1.77. The Morgan fingerprint density at radius 3 is 2.17 bits per heavy atom. The van der Waals surface area contributed by atoms with Crippen LogP contribution in [0.15, 0.2) is 36.6 Å². The van der Waals surface area contributed by atoms with Crippen molar-refractivity contribution >= 4 is 5.97 Å². The van der Waals surface area contributed by atoms with Gasteiger partial charge in [0.15, 0.2) is 0 Å². The lowest BCUT2D eigenvalue weighted by Gasteiger charge is -2.08. The number of hydrogen-bond donors (Lipinski definition) is 0. The number of rotatable bonds is 12. The number of unbranched alkanes of at least 4 members (excludes halogenated alkanes) is 6. The van der Waals surface area contributed by atoms with Crippen molar-refractivity contribution in [3.05, 3.63) is 42.2 Å². The van der Waals surface area contributed by atoms with E-state index in [1.54, 1.807) is 6.92 Å². The molecule has 1 rings (SSSR count). The third-order valence-electron chi connectivity index (χ3n) is 3.74. The van der Waals surface area contributed by atoms with Crippen molar-refractivity contribution in [2.75, 3.05) is 6.61 Å². The molecule has 0 aliphatic rings. The highest BCUT2D eigenvalue weighted by Gasteiger charge is 2.09. The van der Waals surface area contributed by atoms with Crippen molar-refractivity contribution < 1.29 is 14.3 Å². The van der Waals surface area contributed by atoms with E-state index in [2.05, 4.69) is 13.5 Å². The summed E-state index contributed by atoms with van der Waals surface area (Å²) in [5, 5.41) is 0. The van der Waals surface area contributed by atoms with E-state index in [1.165, 1.54) is 50.5 Å². The fraction of sp³-hybridized carbons (Fsp3) is 0.550. The smallest absolute Gasteiger partial charge is 0.373 e. The molecular formula is C20H30O3. The van der Waals surface area contributed by atoms with Crippen LogP contribution >= 0.6 is 0 Å². The van der Waals surface area contributed by atoms with E-state index < -0.39 is 5.97 Å². The summed E-state index contributed by atoms with van der Waals surface area (Å²) in [6.07, 6.45) is 10.3. The van der Waals surface area contributed by atoms with Gasteiger partial charge in [-0.2, -0.15) is 0 Å². The maximum atomic E-state index is 11.4. The Labute approximate surface area is 140 Å². The molecule has 3 heteroatoms. The van der Waals surface area contributed by atoms with E-state index in [9.17, 15) is 4.79 Å². The zero-order valence-corrected chi connectivity index (χ0v) is 14.6. The lowest BCUT2D eigenvalue weighted by atomic mass is 10.0. The predicted molar refractivity (Wildman–Crippen MR) is 94.5 cm³/mol. The molecule has 0 heterocycles. The summed E-state index contributed by atoms with van der Waals surface area (Å²) < 4.78 is 10.2. The molecule has 1 aromatic carbocycles. The van der Waals surface area contributed by atoms with Crippen LogP contribution in [0.5, 0.6) is 5.75 Å². The number of carbonyl (C=O) groups is 1. The fourth-order valence-electron chi connectivity index (χ4n) is 2.41. The van der Waals surface area contributed by atoms with Gasteiger partial charge < -0.3 is 9.47 Å². The third kappa shape index (κ3) is 8.44. The summed E-state index contributed by atoms with van der Waals surface area (Å²) in [6, 6.07) is 7.84. The average Bonchev–Trinajstić information content (AvgIpc) is 2.55. The maximum Gasteiger partial charge on any atom is 0.373 e. The van der Waals surface area contributed by atoms with E-state index in [-0.39, 0.29) is 5.76 Å². The minimum absolute atomic E-state index is 0.0201. The van der Waals surface area contributed by atoms with Crippen LogP contribution in [0.3, 0.4) is 0 Å². The standard InChI is InChI=1S/C20H30O3/c1-4-6-7-8-9-10-11-12-18-13-15-19(16-14-18)23-17(3)20(21)22-5-2/h13-16H,3-12H2,1-2H3. The van der Waals surface area contributed by atoms with Crippen LogP contribution in [0.1, 0.15) is 64.4 Å². The minimum atomic E-state index is -0.514. The minimum Gasteiger partial charge on any atom is -0.460 e. The molecule has 128 valence electrons. The van der Waals surface area contributed by atoms with E-state index in [0.717, 1.165) is 6.42 Å². The van der Waals surface area contributed by atoms with Crippen molar-refractivity contribution in [2.24, 2.45) is 0 Å². The van der Waals surface area contributed by atoms with Crippen LogP contribution in [0.4, 0.5) is 0 Å². The summed E-state index contributed by atoms with van der Waals surface area (Å²) in [5.74, 6) is 0.123. The van der Waals surface area contributed by atoms with Crippen LogP contribution in [-0.2, 0) is 16.0 Å². The van der Waals surface area contributed by atoms with Crippen LogP contribution in [0, 0.1) is 0 Å². The molecule has 0 saturated heterocycles. The van der Waals surface area contributed by atoms with Crippen LogP contribution < -0.4 is 4.74 Å². The Bertz CT molecular complexity index is 462. The highest BCUT2D eigenvalue weighted by atomic mass is 16.6. The van der Waals surface area contributed by atoms with Crippen LogP contribution in [0.2, 0.25) is 0 Å². The van der Waals surface area contributed by atoms with Crippen molar-refractivity contribution in [3.8, 4) is 5.75 Å². The molecule has 0 atom stereocenters. The fourth-order valence-corrected chi connectivity index (χ4v) is 2.41. The maximum absolute atomic E-state index is 11.4. The first kappa shape index (κ1) is 19.3. The van der Waals surface area contributed by atoms with Crippen molar-refractivity contribution in [1.29, 1.82) is 0 Å². The second-order valence-corrected chi connectivity index (χ2v) is 5.76. The molecule has 0 radical (unpaired) electrons. The molecule has 0 aliphatic heterocycles. The number of ether oxygens (including phenoxy) is 2. The Kier molecular flexibility index (Phi) is 9.85. The molecule has 1 aromatic rings. The van der Waals surface area contributed by atoms with Gasteiger partial charge in [0.05, 0.1) is 6.61 Å². The van der Waals surface area contributed by atoms with Crippen LogP contribution in [0.25, 0.3) is 0 Å². The lowest BCUT2D eigenvalue weighted by Crippen LogP contribution is -2.11. The van der Waals surface area contributed by atoms with Gasteiger partial charge in [-0.1, -0.05) is 57.6 Å². The van der Waals surface area contributed by atoms with Crippen LogP contribution in [-0.4, -0.2) is 12.6 Å². The van der Waals surface area contributed by atoms with E-state index in [1.807, 2.05) is 24.3 Å². The van der Waals surface area contributed by atoms with E-state index in [0.29, 0.717) is 12.4 Å². The van der Waals surface area contributed by atoms with Gasteiger partial charge in [-0.05, 0) is 44.0 Å². The van der Waals surface area contributed by atoms with E-state index in [4.69, 9.17) is 9.47 Å². The highest BCUT2D eigenvalue weighted by molar-refractivity contribution is 5.86. The molecule has 0 unspecified atom stereocenters. The summed E-state index contributed by atoms with van der Waals surface area (Å²) in [5.41, 5.74) is 1.30. The van der Waals surface area contributed by atoms with Crippen molar-refractivity contribution in [3.63, 3.8) is 0 Å². The number of esters is 1. The molecule has 0 amide bonds. The first-order valence-electron chi connectivity index (χ1n) is 8.80. The van der Waals surface area contributed by atoms with Gasteiger partial charge >= 0.3 is 5.97 Å². The number of carbonyl (C=O) groups excluding carboxylic acids is 1. The molecule has 0 fully saturated rings. The van der Waals surface area contributed by atoms with Crippen molar-refractivity contribution in [1.82, 2.24) is 0 Å². The first-order chi connectivity index (χ1) is 11.2. The van der Waals surface area contributed by atoms with Gasteiger partial charge in [-0.25, -0.2) is 4.79 Å². The normalized spacial score (nSPS) is 10.3. The zero-order chi connectivity index (χ0) is 16.9. The quantitative estimate of drug-likeness (QED) is 0.223. The molecule has 0 aliphatic carbocycles. The number of benzene rings is 1. The Balaban J connectivity index is 2.25.